The molecule has 0 fully saturated rings. The fraction of sp³-hybridized carbons (Fsp3) is 0. The van der Waals surface area contributed by atoms with Crippen LogP contribution in [-0.2, 0) is 24.4 Å². The highest BCUT2D eigenvalue weighted by atomic mass is 32.3. The van der Waals surface area contributed by atoms with Crippen molar-refractivity contribution in [2.24, 2.45) is 0 Å². The zero-order chi connectivity index (χ0) is 8.20. The summed E-state index contributed by atoms with van der Waals surface area (Å²) in [7, 11) is -4.72. The van der Waals surface area contributed by atoms with E-state index < -0.39 is 16.4 Å². The SMILES string of the molecule is C=CC(=O)OOS(=O)(=O)O. The van der Waals surface area contributed by atoms with Gasteiger partial charge in [-0.15, -0.1) is 0 Å². The van der Waals surface area contributed by atoms with Gasteiger partial charge in [0.2, 0.25) is 0 Å². The molecule has 0 aromatic carbocycles. The van der Waals surface area contributed by atoms with Gasteiger partial charge in [0.05, 0.1) is 0 Å². The molecule has 0 aliphatic heterocycles. The minimum Gasteiger partial charge on any atom is -0.275 e. The van der Waals surface area contributed by atoms with E-state index in [1.54, 1.807) is 0 Å². The molecule has 0 atom stereocenters. The Morgan fingerprint density at radius 3 is 2.40 bits per heavy atom. The molecular formula is C3H4O6S. The summed E-state index contributed by atoms with van der Waals surface area (Å²) in [6, 6.07) is 0. The van der Waals surface area contributed by atoms with Crippen LogP contribution in [0.15, 0.2) is 12.7 Å². The second kappa shape index (κ2) is 3.30. The lowest BCUT2D eigenvalue weighted by Crippen LogP contribution is -2.08. The van der Waals surface area contributed by atoms with E-state index in [-0.39, 0.29) is 0 Å². The van der Waals surface area contributed by atoms with Crippen molar-refractivity contribution < 1.29 is 27.0 Å². The number of carbonyl (C=O) groups is 1. The molecule has 0 saturated heterocycles. The summed E-state index contributed by atoms with van der Waals surface area (Å²) < 4.78 is 30.3. The van der Waals surface area contributed by atoms with E-state index in [1.165, 1.54) is 0 Å². The molecule has 10 heavy (non-hydrogen) atoms. The lowest BCUT2D eigenvalue weighted by molar-refractivity contribution is -0.208. The Bertz CT molecular complexity index is 225. The van der Waals surface area contributed by atoms with Crippen LogP contribution in [0.2, 0.25) is 0 Å². The predicted molar refractivity (Wildman–Crippen MR) is 28.9 cm³/mol. The van der Waals surface area contributed by atoms with Gasteiger partial charge in [0.1, 0.15) is 0 Å². The number of hydrogen-bond donors (Lipinski definition) is 1. The molecule has 0 unspecified atom stereocenters. The molecule has 0 amide bonds. The average molecular weight is 168 g/mol. The first kappa shape index (κ1) is 9.08. The van der Waals surface area contributed by atoms with E-state index in [4.69, 9.17) is 4.55 Å². The van der Waals surface area contributed by atoms with Crippen molar-refractivity contribution in [3.8, 4) is 0 Å². The van der Waals surface area contributed by atoms with E-state index in [0.29, 0.717) is 6.08 Å². The van der Waals surface area contributed by atoms with Crippen LogP contribution in [0.4, 0.5) is 0 Å². The van der Waals surface area contributed by atoms with Crippen molar-refractivity contribution in [1.82, 2.24) is 0 Å². The standard InChI is InChI=1S/C3H4O6S/c1-2-3(4)8-9-10(5,6)7/h2H,1H2,(H,5,6,7). The molecule has 0 saturated carbocycles. The van der Waals surface area contributed by atoms with Gasteiger partial charge < -0.3 is 0 Å². The largest absolute Gasteiger partial charge is 0.432 e. The monoisotopic (exact) mass is 168 g/mol. The smallest absolute Gasteiger partial charge is 0.275 e. The van der Waals surface area contributed by atoms with E-state index >= 15 is 0 Å². The van der Waals surface area contributed by atoms with Crippen LogP contribution in [0.3, 0.4) is 0 Å². The number of hydrogen-bond acceptors (Lipinski definition) is 5. The van der Waals surface area contributed by atoms with Crippen LogP contribution in [0, 0.1) is 0 Å². The molecule has 6 nitrogen and oxygen atoms in total. The van der Waals surface area contributed by atoms with Crippen molar-refractivity contribution in [2.75, 3.05) is 0 Å². The van der Waals surface area contributed by atoms with Gasteiger partial charge >= 0.3 is 16.4 Å². The van der Waals surface area contributed by atoms with E-state index in [0.717, 1.165) is 0 Å². The van der Waals surface area contributed by atoms with Crippen molar-refractivity contribution in [3.63, 3.8) is 0 Å². The van der Waals surface area contributed by atoms with Gasteiger partial charge in [-0.25, -0.2) is 4.79 Å². The molecule has 58 valence electrons. The second-order valence-corrected chi connectivity index (χ2v) is 2.09. The number of carbonyl (C=O) groups excluding carboxylic acids is 1. The summed E-state index contributed by atoms with van der Waals surface area (Å²) in [5.41, 5.74) is 0. The van der Waals surface area contributed by atoms with Crippen LogP contribution in [0.5, 0.6) is 0 Å². The van der Waals surface area contributed by atoms with E-state index in [9.17, 15) is 13.2 Å². The van der Waals surface area contributed by atoms with Gasteiger partial charge in [-0.2, -0.15) is 8.42 Å². The highest BCUT2D eigenvalue weighted by molar-refractivity contribution is 7.80. The quantitative estimate of drug-likeness (QED) is 0.263. The predicted octanol–water partition coefficient (Wildman–Crippen LogP) is -0.550. The zero-order valence-electron chi connectivity index (χ0n) is 4.68. The van der Waals surface area contributed by atoms with Gasteiger partial charge in [0.15, 0.2) is 0 Å². The van der Waals surface area contributed by atoms with Crippen LogP contribution in [0.25, 0.3) is 0 Å². The number of rotatable bonds is 3. The Labute approximate surface area is 56.9 Å². The molecule has 0 aliphatic rings. The Kier molecular flexibility index (Phi) is 3.00. The zero-order valence-corrected chi connectivity index (χ0v) is 5.50. The molecule has 0 heterocycles. The molecule has 0 bridgehead atoms. The fourth-order valence-electron chi connectivity index (χ4n) is 0.111. The topological polar surface area (TPSA) is 89.9 Å². The molecule has 0 aromatic rings. The van der Waals surface area contributed by atoms with Crippen LogP contribution in [-0.4, -0.2) is 18.9 Å². The highest BCUT2D eigenvalue weighted by Crippen LogP contribution is 1.88. The maximum absolute atomic E-state index is 10.0. The molecular weight excluding hydrogens is 164 g/mol. The third-order valence-electron chi connectivity index (χ3n) is 0.369. The summed E-state index contributed by atoms with van der Waals surface area (Å²) in [5, 5.41) is 0. The molecule has 0 aliphatic carbocycles. The Morgan fingerprint density at radius 2 is 2.10 bits per heavy atom. The van der Waals surface area contributed by atoms with Gasteiger partial charge in [-0.3, -0.25) is 9.44 Å². The third-order valence-corrected chi connectivity index (χ3v) is 0.609. The third kappa shape index (κ3) is 5.22. The average Bonchev–Trinajstić information content (AvgIpc) is 1.81. The Hall–Kier alpha value is -0.920. The highest BCUT2D eigenvalue weighted by Gasteiger charge is 2.07. The maximum atomic E-state index is 10.0. The first-order chi connectivity index (χ1) is 4.45. The van der Waals surface area contributed by atoms with E-state index in [2.05, 4.69) is 15.8 Å². The molecule has 1 N–H and O–H groups in total. The molecule has 7 heteroatoms. The first-order valence-electron chi connectivity index (χ1n) is 1.95. The van der Waals surface area contributed by atoms with Crippen LogP contribution >= 0.6 is 0 Å². The van der Waals surface area contributed by atoms with Gasteiger partial charge in [-0.1, -0.05) is 6.58 Å². The summed E-state index contributed by atoms with van der Waals surface area (Å²) >= 11 is 0. The van der Waals surface area contributed by atoms with Crippen molar-refractivity contribution in [3.05, 3.63) is 12.7 Å². The molecule has 0 rings (SSSR count). The molecule has 0 aromatic heterocycles. The summed E-state index contributed by atoms with van der Waals surface area (Å²) in [5.74, 6) is -1.11. The Balaban J connectivity index is 3.78. The lowest BCUT2D eigenvalue weighted by atomic mass is 10.7. The van der Waals surface area contributed by atoms with Crippen molar-refractivity contribution >= 4 is 16.4 Å². The normalized spacial score (nSPS) is 10.5. The summed E-state index contributed by atoms with van der Waals surface area (Å²) in [6.07, 6.45) is 0.672. The lowest BCUT2D eigenvalue weighted by Gasteiger charge is -1.93. The van der Waals surface area contributed by atoms with E-state index in [1.807, 2.05) is 0 Å². The second-order valence-electron chi connectivity index (χ2n) is 1.10. The Morgan fingerprint density at radius 1 is 1.60 bits per heavy atom. The molecule has 0 radical (unpaired) electrons. The fourth-order valence-corrected chi connectivity index (χ4v) is 0.264. The first-order valence-corrected chi connectivity index (χ1v) is 3.32. The maximum Gasteiger partial charge on any atom is 0.432 e. The summed E-state index contributed by atoms with van der Waals surface area (Å²) in [4.78, 5) is 13.5. The van der Waals surface area contributed by atoms with Gasteiger partial charge in [0.25, 0.3) is 0 Å². The van der Waals surface area contributed by atoms with Crippen LogP contribution in [0.1, 0.15) is 0 Å². The van der Waals surface area contributed by atoms with Crippen molar-refractivity contribution in [2.45, 2.75) is 0 Å². The van der Waals surface area contributed by atoms with Gasteiger partial charge in [-0.05, 0) is 4.33 Å². The molecule has 0 spiro atoms. The minimum absolute atomic E-state index is 0.672. The van der Waals surface area contributed by atoms with Crippen molar-refractivity contribution in [1.29, 1.82) is 0 Å². The minimum atomic E-state index is -4.72. The van der Waals surface area contributed by atoms with Crippen LogP contribution < -0.4 is 0 Å². The summed E-state index contributed by atoms with van der Waals surface area (Å²) in [6.45, 7) is 2.93. The van der Waals surface area contributed by atoms with Gasteiger partial charge in [0, 0.05) is 6.08 Å².